The summed E-state index contributed by atoms with van der Waals surface area (Å²) in [4.78, 5) is 10.8. The molecule has 1 fully saturated rings. The van der Waals surface area contributed by atoms with E-state index in [2.05, 4.69) is 5.32 Å². The highest BCUT2D eigenvalue weighted by atomic mass is 35.5. The van der Waals surface area contributed by atoms with Crippen molar-refractivity contribution in [2.45, 2.75) is 12.5 Å². The van der Waals surface area contributed by atoms with Gasteiger partial charge in [0.05, 0.1) is 5.92 Å². The predicted octanol–water partition coefficient (Wildman–Crippen LogP) is 1.78. The molecule has 4 nitrogen and oxygen atoms in total. The smallest absolute Gasteiger partial charge is 0.307 e. The van der Waals surface area contributed by atoms with E-state index < -0.39 is 11.9 Å². The van der Waals surface area contributed by atoms with Crippen LogP contribution >= 0.6 is 11.6 Å². The normalized spacial score (nSPS) is 24.6. The Hall–Kier alpha value is -1.26. The van der Waals surface area contributed by atoms with Gasteiger partial charge in [-0.1, -0.05) is 11.6 Å². The molecule has 1 aliphatic rings. The zero-order valence-electron chi connectivity index (χ0n) is 8.48. The molecular weight excluding hydrogens is 230 g/mol. The first-order valence-corrected chi connectivity index (χ1v) is 5.40. The second-order valence-corrected chi connectivity index (χ2v) is 4.37. The fraction of sp³-hybridized carbons (Fsp3) is 0.364. The number of phenolic OH excluding ortho intramolecular Hbond substituents is 1. The zero-order chi connectivity index (χ0) is 11.7. The minimum absolute atomic E-state index is 0.139. The van der Waals surface area contributed by atoms with E-state index in [1.807, 2.05) is 0 Å². The minimum atomic E-state index is -0.809. The van der Waals surface area contributed by atoms with Crippen LogP contribution < -0.4 is 5.32 Å². The van der Waals surface area contributed by atoms with Gasteiger partial charge in [0.15, 0.2) is 0 Å². The lowest BCUT2D eigenvalue weighted by Gasteiger charge is -2.12. The molecule has 0 radical (unpaired) electrons. The number of benzene rings is 1. The van der Waals surface area contributed by atoms with Gasteiger partial charge in [-0.2, -0.15) is 0 Å². The number of aromatic hydroxyl groups is 1. The summed E-state index contributed by atoms with van der Waals surface area (Å²) < 4.78 is 0. The fourth-order valence-corrected chi connectivity index (χ4v) is 2.15. The van der Waals surface area contributed by atoms with Crippen LogP contribution in [0.25, 0.3) is 0 Å². The van der Waals surface area contributed by atoms with Crippen molar-refractivity contribution in [1.82, 2.24) is 5.32 Å². The SMILES string of the molecule is O=C(O)C1CNC(c2cc(Cl)ccc2O)C1. The molecule has 1 aromatic rings. The molecule has 1 aliphatic heterocycles. The van der Waals surface area contributed by atoms with Gasteiger partial charge in [-0.3, -0.25) is 4.79 Å². The largest absolute Gasteiger partial charge is 0.508 e. The maximum absolute atomic E-state index is 10.8. The van der Waals surface area contributed by atoms with Gasteiger partial charge in [-0.05, 0) is 24.6 Å². The maximum atomic E-state index is 10.8. The number of aliphatic carboxylic acids is 1. The van der Waals surface area contributed by atoms with Crippen molar-refractivity contribution in [1.29, 1.82) is 0 Å². The van der Waals surface area contributed by atoms with Gasteiger partial charge in [0.2, 0.25) is 0 Å². The molecule has 0 aliphatic carbocycles. The zero-order valence-corrected chi connectivity index (χ0v) is 9.24. The van der Waals surface area contributed by atoms with Crippen LogP contribution in [0.5, 0.6) is 5.75 Å². The average Bonchev–Trinajstić information content (AvgIpc) is 2.70. The van der Waals surface area contributed by atoms with Crippen LogP contribution in [0.4, 0.5) is 0 Å². The molecule has 2 unspecified atom stereocenters. The van der Waals surface area contributed by atoms with Gasteiger partial charge in [0.1, 0.15) is 5.75 Å². The van der Waals surface area contributed by atoms with Crippen molar-refractivity contribution in [3.63, 3.8) is 0 Å². The molecule has 2 rings (SSSR count). The molecule has 0 aromatic heterocycles. The van der Waals surface area contributed by atoms with Crippen molar-refractivity contribution in [3.8, 4) is 5.75 Å². The number of rotatable bonds is 2. The molecule has 5 heteroatoms. The minimum Gasteiger partial charge on any atom is -0.508 e. The van der Waals surface area contributed by atoms with Gasteiger partial charge in [0, 0.05) is 23.2 Å². The Morgan fingerprint density at radius 3 is 2.88 bits per heavy atom. The maximum Gasteiger partial charge on any atom is 0.307 e. The molecule has 0 bridgehead atoms. The number of carbonyl (C=O) groups is 1. The lowest BCUT2D eigenvalue weighted by atomic mass is 9.99. The Kier molecular flexibility index (Phi) is 3.03. The first-order valence-electron chi connectivity index (χ1n) is 5.02. The second kappa shape index (κ2) is 4.31. The number of phenols is 1. The Balaban J connectivity index is 2.20. The molecule has 3 N–H and O–H groups in total. The van der Waals surface area contributed by atoms with Gasteiger partial charge in [-0.25, -0.2) is 0 Å². The number of carboxylic acids is 1. The van der Waals surface area contributed by atoms with Crippen molar-refractivity contribution >= 4 is 17.6 Å². The number of hydrogen-bond donors (Lipinski definition) is 3. The molecular formula is C11H12ClNO3. The van der Waals surface area contributed by atoms with Gasteiger partial charge < -0.3 is 15.5 Å². The Bertz CT molecular complexity index is 422. The number of carboxylic acid groups (broad SMARTS) is 1. The highest BCUT2D eigenvalue weighted by Gasteiger charge is 2.31. The van der Waals surface area contributed by atoms with Crippen LogP contribution in [0.15, 0.2) is 18.2 Å². The number of hydrogen-bond acceptors (Lipinski definition) is 3. The van der Waals surface area contributed by atoms with E-state index in [1.54, 1.807) is 12.1 Å². The highest BCUT2D eigenvalue weighted by Crippen LogP contribution is 2.34. The third-order valence-electron chi connectivity index (χ3n) is 2.85. The van der Waals surface area contributed by atoms with E-state index in [4.69, 9.17) is 16.7 Å². The predicted molar refractivity (Wildman–Crippen MR) is 59.6 cm³/mol. The summed E-state index contributed by atoms with van der Waals surface area (Å²) in [7, 11) is 0. The molecule has 1 heterocycles. The molecule has 1 aromatic carbocycles. The van der Waals surface area contributed by atoms with E-state index in [0.29, 0.717) is 23.6 Å². The van der Waals surface area contributed by atoms with Crippen molar-refractivity contribution < 1.29 is 15.0 Å². The summed E-state index contributed by atoms with van der Waals surface area (Å²) in [5, 5.41) is 22.2. The van der Waals surface area contributed by atoms with Gasteiger partial charge in [-0.15, -0.1) is 0 Å². The summed E-state index contributed by atoms with van der Waals surface area (Å²) >= 11 is 5.84. The van der Waals surface area contributed by atoms with Gasteiger partial charge >= 0.3 is 5.97 Å². The summed E-state index contributed by atoms with van der Waals surface area (Å²) in [6.45, 7) is 0.423. The monoisotopic (exact) mass is 241 g/mol. The average molecular weight is 242 g/mol. The van der Waals surface area contributed by atoms with Gasteiger partial charge in [0.25, 0.3) is 0 Å². The van der Waals surface area contributed by atoms with E-state index in [-0.39, 0.29) is 11.8 Å². The van der Waals surface area contributed by atoms with Crippen LogP contribution in [0, 0.1) is 5.92 Å². The van der Waals surface area contributed by atoms with Crippen LogP contribution in [0.3, 0.4) is 0 Å². The summed E-state index contributed by atoms with van der Waals surface area (Å²) in [6, 6.07) is 4.65. The third-order valence-corrected chi connectivity index (χ3v) is 3.08. The molecule has 0 amide bonds. The van der Waals surface area contributed by atoms with Crippen molar-refractivity contribution in [2.75, 3.05) is 6.54 Å². The fourth-order valence-electron chi connectivity index (χ4n) is 1.97. The summed E-state index contributed by atoms with van der Waals surface area (Å²) in [6.07, 6.45) is 0.475. The third kappa shape index (κ3) is 2.13. The van der Waals surface area contributed by atoms with Crippen LogP contribution in [0.1, 0.15) is 18.0 Å². The standard InChI is InChI=1S/C11H12ClNO3/c12-7-1-2-10(14)8(4-7)9-3-6(5-13-9)11(15)16/h1-2,4,6,9,13-14H,3,5H2,(H,15,16). The van der Waals surface area contributed by atoms with E-state index >= 15 is 0 Å². The van der Waals surface area contributed by atoms with E-state index in [9.17, 15) is 9.90 Å². The van der Waals surface area contributed by atoms with Crippen molar-refractivity contribution in [3.05, 3.63) is 28.8 Å². The molecule has 0 saturated carbocycles. The van der Waals surface area contributed by atoms with Crippen molar-refractivity contribution in [2.24, 2.45) is 5.92 Å². The van der Waals surface area contributed by atoms with Crippen LogP contribution in [0.2, 0.25) is 5.02 Å². The Morgan fingerprint density at radius 1 is 1.50 bits per heavy atom. The molecule has 1 saturated heterocycles. The van der Waals surface area contributed by atoms with Crippen LogP contribution in [-0.4, -0.2) is 22.7 Å². The molecule has 2 atom stereocenters. The van der Waals surface area contributed by atoms with E-state index in [1.165, 1.54) is 6.07 Å². The Morgan fingerprint density at radius 2 is 2.25 bits per heavy atom. The summed E-state index contributed by atoms with van der Waals surface area (Å²) in [5.41, 5.74) is 0.663. The number of nitrogens with one attached hydrogen (secondary N) is 1. The second-order valence-electron chi connectivity index (χ2n) is 3.93. The quantitative estimate of drug-likeness (QED) is 0.738. The van der Waals surface area contributed by atoms with Crippen LogP contribution in [-0.2, 0) is 4.79 Å². The Labute approximate surface area is 97.9 Å². The molecule has 86 valence electrons. The lowest BCUT2D eigenvalue weighted by Crippen LogP contribution is -2.17. The molecule has 16 heavy (non-hydrogen) atoms. The first-order chi connectivity index (χ1) is 7.58. The highest BCUT2D eigenvalue weighted by molar-refractivity contribution is 6.30. The number of halogens is 1. The summed E-state index contributed by atoms with van der Waals surface area (Å²) in [5.74, 6) is -1.06. The topological polar surface area (TPSA) is 69.6 Å². The van der Waals surface area contributed by atoms with E-state index in [0.717, 1.165) is 0 Å². The molecule has 0 spiro atoms. The first kappa shape index (κ1) is 11.2. The lowest BCUT2D eigenvalue weighted by molar-refractivity contribution is -0.141.